The van der Waals surface area contributed by atoms with Crippen LogP contribution in [0.5, 0.6) is 0 Å². The molecule has 0 amide bonds. The minimum atomic E-state index is 0.948. The van der Waals surface area contributed by atoms with Crippen LogP contribution in [0.2, 0.25) is 0 Å². The van der Waals surface area contributed by atoms with Gasteiger partial charge in [0.2, 0.25) is 0 Å². The van der Waals surface area contributed by atoms with Gasteiger partial charge >= 0.3 is 0 Å². The Bertz CT molecular complexity index is 175. The molecule has 2 unspecified atom stereocenters. The second-order valence-corrected chi connectivity index (χ2v) is 5.25. The molecule has 2 aliphatic rings. The van der Waals surface area contributed by atoms with Crippen molar-refractivity contribution in [2.45, 2.75) is 51.0 Å². The first-order valence-electron chi connectivity index (χ1n) is 6.80. The monoisotopic (exact) mass is 210 g/mol. The molecule has 2 rings (SSSR count). The summed E-state index contributed by atoms with van der Waals surface area (Å²) in [7, 11) is 2.06. The van der Waals surface area contributed by atoms with Crippen molar-refractivity contribution >= 4 is 0 Å². The Kier molecular flexibility index (Phi) is 4.45. The van der Waals surface area contributed by atoms with E-state index >= 15 is 0 Å². The maximum atomic E-state index is 3.26. The van der Waals surface area contributed by atoms with Crippen LogP contribution in [-0.4, -0.2) is 37.6 Å². The van der Waals surface area contributed by atoms with E-state index in [2.05, 4.69) is 17.3 Å². The molecule has 2 heteroatoms. The quantitative estimate of drug-likeness (QED) is 0.700. The van der Waals surface area contributed by atoms with Crippen molar-refractivity contribution in [1.29, 1.82) is 0 Å². The molecule has 88 valence electrons. The molecule has 0 aromatic rings. The maximum Gasteiger partial charge on any atom is 0.0123 e. The summed E-state index contributed by atoms with van der Waals surface area (Å²) in [5, 5.41) is 3.26. The molecule has 1 aliphatic carbocycles. The molecule has 0 radical (unpaired) electrons. The van der Waals surface area contributed by atoms with Gasteiger partial charge in [0, 0.05) is 6.04 Å². The van der Waals surface area contributed by atoms with Gasteiger partial charge in [0.1, 0.15) is 0 Å². The molecule has 1 heterocycles. The van der Waals surface area contributed by atoms with E-state index in [1.54, 1.807) is 0 Å². The van der Waals surface area contributed by atoms with Crippen molar-refractivity contribution in [2.24, 2.45) is 5.92 Å². The Balaban J connectivity index is 1.76. The van der Waals surface area contributed by atoms with Crippen LogP contribution in [0.1, 0.15) is 44.9 Å². The fourth-order valence-electron chi connectivity index (χ4n) is 3.45. The summed E-state index contributed by atoms with van der Waals surface area (Å²) in [5.74, 6) is 1.01. The molecule has 2 fully saturated rings. The van der Waals surface area contributed by atoms with E-state index in [0.29, 0.717) is 0 Å². The molecular weight excluding hydrogens is 184 g/mol. The fourth-order valence-corrected chi connectivity index (χ4v) is 3.45. The van der Waals surface area contributed by atoms with Crippen LogP contribution in [0, 0.1) is 5.92 Å². The molecule has 1 aliphatic heterocycles. The lowest BCUT2D eigenvalue weighted by Gasteiger charge is -2.29. The van der Waals surface area contributed by atoms with E-state index in [1.165, 1.54) is 64.6 Å². The van der Waals surface area contributed by atoms with Gasteiger partial charge in [-0.1, -0.05) is 6.42 Å². The number of rotatable bonds is 5. The summed E-state index contributed by atoms with van der Waals surface area (Å²) in [6.07, 6.45) is 10.1. The zero-order valence-electron chi connectivity index (χ0n) is 10.2. The summed E-state index contributed by atoms with van der Waals surface area (Å²) in [6.45, 7) is 3.96. The summed E-state index contributed by atoms with van der Waals surface area (Å²) in [4.78, 5) is 2.77. The van der Waals surface area contributed by atoms with Gasteiger partial charge in [-0.2, -0.15) is 0 Å². The Morgan fingerprint density at radius 2 is 1.93 bits per heavy atom. The van der Waals surface area contributed by atoms with E-state index in [-0.39, 0.29) is 0 Å². The van der Waals surface area contributed by atoms with Gasteiger partial charge in [0.15, 0.2) is 0 Å². The zero-order chi connectivity index (χ0) is 10.5. The summed E-state index contributed by atoms with van der Waals surface area (Å²) in [6, 6.07) is 0.948. The van der Waals surface area contributed by atoms with Gasteiger partial charge in [-0.25, -0.2) is 0 Å². The van der Waals surface area contributed by atoms with Crippen molar-refractivity contribution in [3.63, 3.8) is 0 Å². The molecule has 1 saturated heterocycles. The predicted molar refractivity (Wildman–Crippen MR) is 65.1 cm³/mol. The second-order valence-electron chi connectivity index (χ2n) is 5.25. The standard InChI is InChI=1S/C13H26N2/c1-14-9-5-7-12-6-4-8-13(12)15-10-2-3-11-15/h12-14H,2-11H2,1H3. The predicted octanol–water partition coefficient (Wildman–Crippen LogP) is 2.25. The number of nitrogens with zero attached hydrogens (tertiary/aromatic N) is 1. The molecule has 1 saturated carbocycles. The van der Waals surface area contributed by atoms with Crippen LogP contribution in [0.25, 0.3) is 0 Å². The highest BCUT2D eigenvalue weighted by Gasteiger charge is 2.32. The summed E-state index contributed by atoms with van der Waals surface area (Å²) in [5.41, 5.74) is 0. The minimum absolute atomic E-state index is 0.948. The van der Waals surface area contributed by atoms with Gasteiger partial charge in [0.05, 0.1) is 0 Å². The van der Waals surface area contributed by atoms with Crippen LogP contribution in [-0.2, 0) is 0 Å². The third-order valence-corrected chi connectivity index (χ3v) is 4.23. The number of nitrogens with one attached hydrogen (secondary N) is 1. The largest absolute Gasteiger partial charge is 0.320 e. The maximum absolute atomic E-state index is 3.26. The molecule has 15 heavy (non-hydrogen) atoms. The zero-order valence-corrected chi connectivity index (χ0v) is 10.2. The normalized spacial score (nSPS) is 32.6. The van der Waals surface area contributed by atoms with Crippen LogP contribution in [0.3, 0.4) is 0 Å². The van der Waals surface area contributed by atoms with Crippen molar-refractivity contribution in [2.75, 3.05) is 26.7 Å². The lowest BCUT2D eigenvalue weighted by Crippen LogP contribution is -2.35. The Morgan fingerprint density at radius 1 is 1.13 bits per heavy atom. The molecular formula is C13H26N2. The average Bonchev–Trinajstić information content (AvgIpc) is 2.87. The highest BCUT2D eigenvalue weighted by Crippen LogP contribution is 2.34. The topological polar surface area (TPSA) is 15.3 Å². The van der Waals surface area contributed by atoms with Gasteiger partial charge in [-0.3, -0.25) is 0 Å². The minimum Gasteiger partial charge on any atom is -0.320 e. The molecule has 2 nitrogen and oxygen atoms in total. The van der Waals surface area contributed by atoms with Gasteiger partial charge in [-0.15, -0.1) is 0 Å². The average molecular weight is 210 g/mol. The van der Waals surface area contributed by atoms with Gasteiger partial charge in [0.25, 0.3) is 0 Å². The Hall–Kier alpha value is -0.0800. The molecule has 2 atom stereocenters. The van der Waals surface area contributed by atoms with Crippen LogP contribution in [0.15, 0.2) is 0 Å². The van der Waals surface area contributed by atoms with Gasteiger partial charge in [-0.05, 0) is 71.1 Å². The van der Waals surface area contributed by atoms with E-state index in [0.717, 1.165) is 12.0 Å². The SMILES string of the molecule is CNCCCC1CCCC1N1CCCC1. The summed E-state index contributed by atoms with van der Waals surface area (Å²) < 4.78 is 0. The smallest absolute Gasteiger partial charge is 0.0123 e. The van der Waals surface area contributed by atoms with Crippen LogP contribution in [0.4, 0.5) is 0 Å². The van der Waals surface area contributed by atoms with Crippen molar-refractivity contribution in [1.82, 2.24) is 10.2 Å². The van der Waals surface area contributed by atoms with E-state index in [9.17, 15) is 0 Å². The summed E-state index contributed by atoms with van der Waals surface area (Å²) >= 11 is 0. The number of hydrogen-bond donors (Lipinski definition) is 1. The number of hydrogen-bond acceptors (Lipinski definition) is 2. The first kappa shape index (κ1) is 11.4. The van der Waals surface area contributed by atoms with Crippen molar-refractivity contribution in [3.05, 3.63) is 0 Å². The third kappa shape index (κ3) is 2.94. The highest BCUT2D eigenvalue weighted by molar-refractivity contribution is 4.87. The molecule has 0 aromatic carbocycles. The number of likely N-dealkylation sites (tertiary alicyclic amines) is 1. The Morgan fingerprint density at radius 3 is 2.67 bits per heavy atom. The van der Waals surface area contributed by atoms with Crippen molar-refractivity contribution in [3.8, 4) is 0 Å². The Labute approximate surface area is 94.4 Å². The first-order chi connectivity index (χ1) is 7.42. The van der Waals surface area contributed by atoms with Crippen LogP contribution >= 0.6 is 0 Å². The molecule has 0 aromatic heterocycles. The van der Waals surface area contributed by atoms with Crippen molar-refractivity contribution < 1.29 is 0 Å². The molecule has 1 N–H and O–H groups in total. The lowest BCUT2D eigenvalue weighted by atomic mass is 9.96. The van der Waals surface area contributed by atoms with E-state index < -0.39 is 0 Å². The fraction of sp³-hybridized carbons (Fsp3) is 1.00. The first-order valence-corrected chi connectivity index (χ1v) is 6.80. The highest BCUT2D eigenvalue weighted by atomic mass is 15.2. The molecule has 0 bridgehead atoms. The van der Waals surface area contributed by atoms with E-state index in [1.807, 2.05) is 0 Å². The second kappa shape index (κ2) is 5.86. The van der Waals surface area contributed by atoms with Gasteiger partial charge < -0.3 is 10.2 Å². The molecule has 0 spiro atoms. The van der Waals surface area contributed by atoms with Crippen LogP contribution < -0.4 is 5.32 Å². The lowest BCUT2D eigenvalue weighted by molar-refractivity contribution is 0.189. The van der Waals surface area contributed by atoms with E-state index in [4.69, 9.17) is 0 Å². The third-order valence-electron chi connectivity index (χ3n) is 4.23.